The standard InChI is InChI=1S/C5H5ClN2.C2H6/c6-5-3-4(7)1-2-8-5;1-2/h1-3H,(H2,7,8);1-2H3. The summed E-state index contributed by atoms with van der Waals surface area (Å²) in [7, 11) is 0. The van der Waals surface area contributed by atoms with Gasteiger partial charge in [0.05, 0.1) is 0 Å². The molecule has 0 bridgehead atoms. The fourth-order valence-corrected chi connectivity index (χ4v) is 0.600. The van der Waals surface area contributed by atoms with Crippen LogP contribution in [0.4, 0.5) is 5.69 Å². The number of nitrogen functional groups attached to an aromatic ring is 1. The lowest BCUT2D eigenvalue weighted by Crippen LogP contribution is -1.83. The molecule has 0 aliphatic rings. The van der Waals surface area contributed by atoms with E-state index in [1.54, 1.807) is 18.3 Å². The van der Waals surface area contributed by atoms with Gasteiger partial charge in [0.25, 0.3) is 0 Å². The first kappa shape index (κ1) is 9.24. The van der Waals surface area contributed by atoms with E-state index in [1.165, 1.54) is 0 Å². The van der Waals surface area contributed by atoms with E-state index in [1.807, 2.05) is 13.8 Å². The number of aromatic nitrogens is 1. The van der Waals surface area contributed by atoms with Gasteiger partial charge in [0.1, 0.15) is 5.15 Å². The fraction of sp³-hybridized carbons (Fsp3) is 0.286. The topological polar surface area (TPSA) is 38.9 Å². The molecule has 10 heavy (non-hydrogen) atoms. The van der Waals surface area contributed by atoms with Crippen molar-refractivity contribution in [1.82, 2.24) is 4.98 Å². The molecule has 1 aromatic heterocycles. The molecule has 2 N–H and O–H groups in total. The molecule has 0 saturated heterocycles. The lowest BCUT2D eigenvalue weighted by atomic mass is 10.4. The summed E-state index contributed by atoms with van der Waals surface area (Å²) in [6.07, 6.45) is 1.57. The van der Waals surface area contributed by atoms with Crippen molar-refractivity contribution in [2.24, 2.45) is 0 Å². The highest BCUT2D eigenvalue weighted by molar-refractivity contribution is 6.29. The van der Waals surface area contributed by atoms with E-state index in [2.05, 4.69) is 4.98 Å². The van der Waals surface area contributed by atoms with Crippen LogP contribution in [0, 0.1) is 0 Å². The van der Waals surface area contributed by atoms with E-state index in [0.29, 0.717) is 10.8 Å². The number of nitrogens with two attached hydrogens (primary N) is 1. The Morgan fingerprint density at radius 2 is 2.10 bits per heavy atom. The van der Waals surface area contributed by atoms with Gasteiger partial charge in [-0.3, -0.25) is 0 Å². The van der Waals surface area contributed by atoms with Crippen molar-refractivity contribution in [3.05, 3.63) is 23.5 Å². The summed E-state index contributed by atoms with van der Waals surface area (Å²) in [4.78, 5) is 3.73. The molecule has 0 saturated carbocycles. The fourth-order valence-electron chi connectivity index (χ4n) is 0.417. The van der Waals surface area contributed by atoms with Gasteiger partial charge in [0.2, 0.25) is 0 Å². The minimum absolute atomic E-state index is 0.435. The first-order chi connectivity index (χ1) is 4.79. The van der Waals surface area contributed by atoms with Crippen LogP contribution in [0.25, 0.3) is 0 Å². The van der Waals surface area contributed by atoms with Gasteiger partial charge in [-0.15, -0.1) is 0 Å². The van der Waals surface area contributed by atoms with Crippen LogP contribution in [0.2, 0.25) is 5.15 Å². The molecule has 0 radical (unpaired) electrons. The summed E-state index contributed by atoms with van der Waals surface area (Å²) in [5.41, 5.74) is 5.98. The summed E-state index contributed by atoms with van der Waals surface area (Å²) < 4.78 is 0. The van der Waals surface area contributed by atoms with Gasteiger partial charge >= 0.3 is 0 Å². The first-order valence-corrected chi connectivity index (χ1v) is 3.54. The second-order valence-electron chi connectivity index (χ2n) is 1.41. The molecule has 0 fully saturated rings. The monoisotopic (exact) mass is 158 g/mol. The summed E-state index contributed by atoms with van der Waals surface area (Å²) in [5, 5.41) is 0.435. The second kappa shape index (κ2) is 5.06. The van der Waals surface area contributed by atoms with Crippen LogP contribution >= 0.6 is 11.6 Å². The van der Waals surface area contributed by atoms with E-state index in [0.717, 1.165) is 0 Å². The van der Waals surface area contributed by atoms with Crippen LogP contribution in [-0.2, 0) is 0 Å². The highest BCUT2D eigenvalue weighted by atomic mass is 35.5. The Labute approximate surface area is 66.0 Å². The highest BCUT2D eigenvalue weighted by Crippen LogP contribution is 2.06. The first-order valence-electron chi connectivity index (χ1n) is 3.16. The molecular formula is C7H11ClN2. The molecule has 0 spiro atoms. The van der Waals surface area contributed by atoms with Crippen molar-refractivity contribution >= 4 is 17.3 Å². The normalized spacial score (nSPS) is 7.90. The second-order valence-corrected chi connectivity index (χ2v) is 1.80. The quantitative estimate of drug-likeness (QED) is 0.589. The van der Waals surface area contributed by atoms with E-state index in [9.17, 15) is 0 Å². The summed E-state index contributed by atoms with van der Waals surface area (Å²) in [5.74, 6) is 0. The van der Waals surface area contributed by atoms with Gasteiger partial charge < -0.3 is 5.73 Å². The Kier molecular flexibility index (Phi) is 4.67. The summed E-state index contributed by atoms with van der Waals surface area (Å²) >= 11 is 5.45. The zero-order valence-electron chi connectivity index (χ0n) is 6.13. The largest absolute Gasteiger partial charge is 0.399 e. The Balaban J connectivity index is 0.000000371. The molecule has 0 aliphatic heterocycles. The third kappa shape index (κ3) is 3.30. The van der Waals surface area contributed by atoms with Crippen molar-refractivity contribution in [3.63, 3.8) is 0 Å². The van der Waals surface area contributed by atoms with Crippen LogP contribution in [0.3, 0.4) is 0 Å². The van der Waals surface area contributed by atoms with Crippen molar-refractivity contribution in [1.29, 1.82) is 0 Å². The van der Waals surface area contributed by atoms with Crippen LogP contribution in [0.15, 0.2) is 18.3 Å². The maximum absolute atomic E-state index is 5.45. The van der Waals surface area contributed by atoms with E-state index in [-0.39, 0.29) is 0 Å². The van der Waals surface area contributed by atoms with E-state index in [4.69, 9.17) is 17.3 Å². The third-order valence-corrected chi connectivity index (χ3v) is 0.957. The van der Waals surface area contributed by atoms with Crippen molar-refractivity contribution < 1.29 is 0 Å². The zero-order valence-corrected chi connectivity index (χ0v) is 6.89. The van der Waals surface area contributed by atoms with Gasteiger partial charge in [0, 0.05) is 11.9 Å². The minimum Gasteiger partial charge on any atom is -0.399 e. The minimum atomic E-state index is 0.435. The summed E-state index contributed by atoms with van der Waals surface area (Å²) in [6, 6.07) is 3.29. The molecule has 0 aromatic carbocycles. The van der Waals surface area contributed by atoms with Crippen LogP contribution in [-0.4, -0.2) is 4.98 Å². The maximum atomic E-state index is 5.45. The SMILES string of the molecule is CC.Nc1ccnc(Cl)c1. The average Bonchev–Trinajstić information content (AvgIpc) is 1.91. The zero-order chi connectivity index (χ0) is 7.98. The molecule has 56 valence electrons. The van der Waals surface area contributed by atoms with Gasteiger partial charge in [-0.1, -0.05) is 25.4 Å². The number of hydrogen-bond donors (Lipinski definition) is 1. The van der Waals surface area contributed by atoms with Gasteiger partial charge in [-0.2, -0.15) is 0 Å². The Morgan fingerprint density at radius 1 is 1.50 bits per heavy atom. The molecule has 1 heterocycles. The molecule has 0 amide bonds. The van der Waals surface area contributed by atoms with Gasteiger partial charge in [-0.05, 0) is 12.1 Å². The number of hydrogen-bond acceptors (Lipinski definition) is 2. The number of nitrogens with zero attached hydrogens (tertiary/aromatic N) is 1. The Morgan fingerprint density at radius 3 is 2.40 bits per heavy atom. The van der Waals surface area contributed by atoms with Crippen LogP contribution in [0.1, 0.15) is 13.8 Å². The highest BCUT2D eigenvalue weighted by Gasteiger charge is 1.84. The van der Waals surface area contributed by atoms with E-state index >= 15 is 0 Å². The predicted octanol–water partition coefficient (Wildman–Crippen LogP) is 2.34. The number of pyridine rings is 1. The average molecular weight is 159 g/mol. The van der Waals surface area contributed by atoms with E-state index < -0.39 is 0 Å². The molecule has 0 unspecified atom stereocenters. The van der Waals surface area contributed by atoms with Crippen molar-refractivity contribution in [2.45, 2.75) is 13.8 Å². The number of halogens is 1. The number of anilines is 1. The third-order valence-electron chi connectivity index (χ3n) is 0.751. The predicted molar refractivity (Wildman–Crippen MR) is 45.0 cm³/mol. The lowest BCUT2D eigenvalue weighted by Gasteiger charge is -1.88. The number of rotatable bonds is 0. The Hall–Kier alpha value is -0.760. The van der Waals surface area contributed by atoms with Crippen molar-refractivity contribution in [3.8, 4) is 0 Å². The summed E-state index contributed by atoms with van der Waals surface area (Å²) in [6.45, 7) is 4.00. The molecule has 2 nitrogen and oxygen atoms in total. The van der Waals surface area contributed by atoms with Crippen molar-refractivity contribution in [2.75, 3.05) is 5.73 Å². The maximum Gasteiger partial charge on any atom is 0.131 e. The smallest absolute Gasteiger partial charge is 0.131 e. The molecule has 1 aromatic rings. The molecule has 0 atom stereocenters. The molecule has 1 rings (SSSR count). The molecule has 0 aliphatic carbocycles. The van der Waals surface area contributed by atoms with Gasteiger partial charge in [-0.25, -0.2) is 4.98 Å². The van der Waals surface area contributed by atoms with Gasteiger partial charge in [0.15, 0.2) is 0 Å². The molecule has 3 heteroatoms. The van der Waals surface area contributed by atoms with Crippen LogP contribution in [0.5, 0.6) is 0 Å². The Bertz CT molecular complexity index is 171. The molecular weight excluding hydrogens is 148 g/mol. The lowest BCUT2D eigenvalue weighted by molar-refractivity contribution is 1.33. The van der Waals surface area contributed by atoms with Crippen LogP contribution < -0.4 is 5.73 Å².